The Morgan fingerprint density at radius 3 is 2.79 bits per heavy atom. The second kappa shape index (κ2) is 9.56. The molecule has 4 rings (SSSR count). The number of benzene rings is 1. The van der Waals surface area contributed by atoms with Crippen LogP contribution in [-0.2, 0) is 30.5 Å². The highest BCUT2D eigenvalue weighted by atomic mass is 19.4. The number of halogens is 3. The summed E-state index contributed by atoms with van der Waals surface area (Å²) in [5.74, 6) is 1.00. The monoisotopic (exact) mass is 475 g/mol. The van der Waals surface area contributed by atoms with Crippen molar-refractivity contribution in [3.05, 3.63) is 58.9 Å². The molecular formula is C26H32F3N3O2. The van der Waals surface area contributed by atoms with Crippen molar-refractivity contribution in [1.29, 1.82) is 0 Å². The van der Waals surface area contributed by atoms with E-state index in [-0.39, 0.29) is 24.4 Å². The molecule has 0 bridgehead atoms. The smallest absolute Gasteiger partial charge is 0.417 e. The molecule has 1 saturated carbocycles. The predicted octanol–water partition coefficient (Wildman–Crippen LogP) is 4.98. The van der Waals surface area contributed by atoms with Crippen LogP contribution in [0.1, 0.15) is 55.5 Å². The van der Waals surface area contributed by atoms with E-state index < -0.39 is 17.2 Å². The first-order chi connectivity index (χ1) is 16.1. The molecule has 2 heterocycles. The molecule has 2 atom stereocenters. The number of aromatic nitrogens is 1. The molecule has 5 nitrogen and oxygen atoms in total. The Morgan fingerprint density at radius 1 is 1.32 bits per heavy atom. The first kappa shape index (κ1) is 24.5. The molecule has 0 radical (unpaired) electrons. The number of fused-ring (bicyclic) bond motifs is 1. The molecule has 1 aromatic heterocycles. The summed E-state index contributed by atoms with van der Waals surface area (Å²) < 4.78 is 45.0. The molecule has 1 N–H and O–H groups in total. The fourth-order valence-electron chi connectivity index (χ4n) is 5.39. The zero-order valence-electron chi connectivity index (χ0n) is 19.9. The van der Waals surface area contributed by atoms with E-state index >= 15 is 0 Å². The summed E-state index contributed by atoms with van der Waals surface area (Å²) in [6.45, 7) is 5.46. The number of nitrogens with zero attached hydrogens (tertiary/aromatic N) is 2. The maximum Gasteiger partial charge on any atom is 0.417 e. The third-order valence-corrected chi connectivity index (χ3v) is 7.51. The lowest BCUT2D eigenvalue weighted by atomic mass is 9.74. The maximum absolute atomic E-state index is 13.8. The number of pyridine rings is 1. The summed E-state index contributed by atoms with van der Waals surface area (Å²) in [5.41, 5.74) is 0.931. The van der Waals surface area contributed by atoms with E-state index in [1.165, 1.54) is 0 Å². The Kier molecular flexibility index (Phi) is 6.90. The van der Waals surface area contributed by atoms with E-state index in [9.17, 15) is 18.0 Å². The lowest BCUT2D eigenvalue weighted by Gasteiger charge is -2.39. The topological polar surface area (TPSA) is 54.5 Å². The fourth-order valence-corrected chi connectivity index (χ4v) is 5.39. The van der Waals surface area contributed by atoms with Crippen LogP contribution < -0.4 is 10.1 Å². The third-order valence-electron chi connectivity index (χ3n) is 7.51. The van der Waals surface area contributed by atoms with E-state index in [1.807, 2.05) is 24.3 Å². The summed E-state index contributed by atoms with van der Waals surface area (Å²) in [6, 6.07) is 9.20. The van der Waals surface area contributed by atoms with Gasteiger partial charge in [0.2, 0.25) is 5.91 Å². The van der Waals surface area contributed by atoms with Crippen LogP contribution in [0.2, 0.25) is 0 Å². The number of para-hydroxylation sites is 1. The molecule has 8 heteroatoms. The minimum Gasteiger partial charge on any atom is -0.496 e. The summed E-state index contributed by atoms with van der Waals surface area (Å²) in [7, 11) is 1.65. The highest BCUT2D eigenvalue weighted by molar-refractivity contribution is 5.83. The number of hydrogen-bond donors (Lipinski definition) is 1. The van der Waals surface area contributed by atoms with Crippen molar-refractivity contribution in [3.8, 4) is 5.75 Å². The number of carbonyl (C=O) groups is 1. The minimum atomic E-state index is -4.45. The Morgan fingerprint density at radius 2 is 2.09 bits per heavy atom. The maximum atomic E-state index is 13.8. The molecule has 184 valence electrons. The van der Waals surface area contributed by atoms with Crippen molar-refractivity contribution >= 4 is 5.91 Å². The molecule has 2 aromatic rings. The van der Waals surface area contributed by atoms with E-state index in [4.69, 9.17) is 4.74 Å². The molecular weight excluding hydrogens is 443 g/mol. The van der Waals surface area contributed by atoms with Crippen molar-refractivity contribution in [2.75, 3.05) is 13.7 Å². The molecule has 2 aliphatic rings. The first-order valence-corrected chi connectivity index (χ1v) is 11.8. The summed E-state index contributed by atoms with van der Waals surface area (Å²) in [5, 5.41) is 3.59. The first-order valence-electron chi connectivity index (χ1n) is 11.8. The SMILES string of the molecule is COc1ccccc1CN[C@@H]1CC[C@@](C(=O)N2CCc3ncc(C(F)(F)F)cc3C2)(C(C)C)C1. The Bertz CT molecular complexity index is 1040. The quantitative estimate of drug-likeness (QED) is 0.641. The van der Waals surface area contributed by atoms with Crippen molar-refractivity contribution in [1.82, 2.24) is 15.2 Å². The minimum absolute atomic E-state index is 0.0483. The van der Waals surface area contributed by atoms with Crippen molar-refractivity contribution in [2.45, 2.75) is 64.8 Å². The van der Waals surface area contributed by atoms with Gasteiger partial charge in [0.1, 0.15) is 5.75 Å². The van der Waals surface area contributed by atoms with Crippen molar-refractivity contribution in [2.24, 2.45) is 11.3 Å². The van der Waals surface area contributed by atoms with Gasteiger partial charge >= 0.3 is 6.18 Å². The second-order valence-corrected chi connectivity index (χ2v) is 9.75. The van der Waals surface area contributed by atoms with E-state index in [2.05, 4.69) is 24.1 Å². The number of amides is 1. The van der Waals surface area contributed by atoms with Crippen LogP contribution in [0.25, 0.3) is 0 Å². The number of ether oxygens (including phenoxy) is 1. The van der Waals surface area contributed by atoms with Gasteiger partial charge in [-0.3, -0.25) is 9.78 Å². The molecule has 1 aliphatic carbocycles. The van der Waals surface area contributed by atoms with Gasteiger partial charge in [0.15, 0.2) is 0 Å². The van der Waals surface area contributed by atoms with Gasteiger partial charge in [-0.25, -0.2) is 0 Å². The van der Waals surface area contributed by atoms with E-state index in [0.717, 1.165) is 36.4 Å². The molecule has 0 saturated heterocycles. The zero-order valence-corrected chi connectivity index (χ0v) is 19.9. The van der Waals surface area contributed by atoms with Crippen molar-refractivity contribution < 1.29 is 22.7 Å². The normalized spacial score (nSPS) is 22.7. The van der Waals surface area contributed by atoms with Gasteiger partial charge in [-0.1, -0.05) is 32.0 Å². The highest BCUT2D eigenvalue weighted by Gasteiger charge is 2.49. The van der Waals surface area contributed by atoms with E-state index in [0.29, 0.717) is 37.2 Å². The zero-order chi connectivity index (χ0) is 24.5. The molecule has 1 aliphatic heterocycles. The lowest BCUT2D eigenvalue weighted by Crippen LogP contribution is -2.48. The average Bonchev–Trinajstić information content (AvgIpc) is 3.27. The standard InChI is InChI=1S/C26H32F3N3O2/c1-17(2)25(10-8-21(13-25)30-14-18-6-4-5-7-23(18)34-3)24(33)32-11-9-22-19(16-32)12-20(15-31-22)26(27,28)29/h4-7,12,15,17,21,30H,8-11,13-14,16H2,1-3H3/t21-,25+/m1/s1. The molecule has 1 amide bonds. The van der Waals surface area contributed by atoms with E-state index in [1.54, 1.807) is 12.0 Å². The van der Waals surface area contributed by atoms with Crippen LogP contribution in [0, 0.1) is 11.3 Å². The molecule has 0 unspecified atom stereocenters. The largest absolute Gasteiger partial charge is 0.496 e. The number of hydrogen-bond acceptors (Lipinski definition) is 4. The van der Waals surface area contributed by atoms with Crippen LogP contribution >= 0.6 is 0 Å². The summed E-state index contributed by atoms with van der Waals surface area (Å²) in [4.78, 5) is 19.6. The number of carbonyl (C=O) groups excluding carboxylic acids is 1. The number of methoxy groups -OCH3 is 1. The summed E-state index contributed by atoms with van der Waals surface area (Å²) in [6.07, 6.45) is -0.730. The van der Waals surface area contributed by atoms with Gasteiger partial charge in [-0.2, -0.15) is 13.2 Å². The predicted molar refractivity (Wildman–Crippen MR) is 123 cm³/mol. The Balaban J connectivity index is 1.47. The highest BCUT2D eigenvalue weighted by Crippen LogP contribution is 2.46. The Hall–Kier alpha value is -2.61. The fraction of sp³-hybridized carbons (Fsp3) is 0.538. The molecule has 34 heavy (non-hydrogen) atoms. The van der Waals surface area contributed by atoms with Crippen LogP contribution in [-0.4, -0.2) is 35.5 Å². The van der Waals surface area contributed by atoms with Crippen LogP contribution in [0.15, 0.2) is 36.5 Å². The van der Waals surface area contributed by atoms with Gasteiger partial charge < -0.3 is 15.0 Å². The Labute approximate surface area is 198 Å². The number of rotatable bonds is 6. The lowest BCUT2D eigenvalue weighted by molar-refractivity contribution is -0.145. The van der Waals surface area contributed by atoms with Gasteiger partial charge in [0.25, 0.3) is 0 Å². The second-order valence-electron chi connectivity index (χ2n) is 9.75. The number of alkyl halides is 3. The third kappa shape index (κ3) is 4.78. The van der Waals surface area contributed by atoms with Crippen LogP contribution in [0.3, 0.4) is 0 Å². The van der Waals surface area contributed by atoms with Gasteiger partial charge in [-0.05, 0) is 42.9 Å². The van der Waals surface area contributed by atoms with Gasteiger partial charge in [0, 0.05) is 49.6 Å². The molecule has 1 fully saturated rings. The molecule has 1 aromatic carbocycles. The van der Waals surface area contributed by atoms with Gasteiger partial charge in [-0.15, -0.1) is 0 Å². The number of nitrogens with one attached hydrogen (secondary N) is 1. The van der Waals surface area contributed by atoms with Crippen LogP contribution in [0.5, 0.6) is 5.75 Å². The van der Waals surface area contributed by atoms with Crippen molar-refractivity contribution in [3.63, 3.8) is 0 Å². The summed E-state index contributed by atoms with van der Waals surface area (Å²) >= 11 is 0. The average molecular weight is 476 g/mol. The van der Waals surface area contributed by atoms with Gasteiger partial charge in [0.05, 0.1) is 18.1 Å². The van der Waals surface area contributed by atoms with Crippen LogP contribution in [0.4, 0.5) is 13.2 Å². The molecule has 0 spiro atoms.